The molecule has 0 unspecified atom stereocenters. The number of nitrogens with zero attached hydrogens (tertiary/aromatic N) is 2. The fourth-order valence-electron chi connectivity index (χ4n) is 10.3. The van der Waals surface area contributed by atoms with Gasteiger partial charge in [-0.1, -0.05) is 182 Å². The molecule has 0 spiro atoms. The molecule has 1 aromatic heterocycles. The number of hydrogen-bond acceptors (Lipinski definition) is 1. The number of rotatable bonds is 7. The summed E-state index contributed by atoms with van der Waals surface area (Å²) in [5, 5.41) is 12.8. The van der Waals surface area contributed by atoms with Crippen LogP contribution >= 0.6 is 0 Å². The summed E-state index contributed by atoms with van der Waals surface area (Å²) in [6.45, 7) is 0. The first-order valence-corrected chi connectivity index (χ1v) is 22.7. The number of anilines is 3. The Morgan fingerprint density at radius 1 is 0.227 bits per heavy atom. The molecule has 1 heterocycles. The van der Waals surface area contributed by atoms with E-state index in [-0.39, 0.29) is 0 Å². The average Bonchev–Trinajstić information content (AvgIpc) is 3.73. The van der Waals surface area contributed by atoms with Crippen LogP contribution in [0.25, 0.3) is 104 Å². The lowest BCUT2D eigenvalue weighted by Crippen LogP contribution is -2.09. The van der Waals surface area contributed by atoms with Crippen molar-refractivity contribution >= 4 is 82.0 Å². The molecule has 0 N–H and O–H groups in total. The van der Waals surface area contributed by atoms with Gasteiger partial charge in [-0.05, 0) is 149 Å². The molecule has 0 amide bonds. The van der Waals surface area contributed by atoms with E-state index in [2.05, 4.69) is 264 Å². The van der Waals surface area contributed by atoms with Crippen molar-refractivity contribution in [3.63, 3.8) is 0 Å². The van der Waals surface area contributed by atoms with Gasteiger partial charge in [0, 0.05) is 33.5 Å². The largest absolute Gasteiger partial charge is 0.311 e. The first-order valence-electron chi connectivity index (χ1n) is 22.7. The summed E-state index contributed by atoms with van der Waals surface area (Å²) >= 11 is 0. The molecular formula is C64H42N2. The van der Waals surface area contributed by atoms with Gasteiger partial charge in [0.15, 0.2) is 0 Å². The van der Waals surface area contributed by atoms with Crippen LogP contribution in [0.3, 0.4) is 0 Å². The Kier molecular flexibility index (Phi) is 8.89. The van der Waals surface area contributed by atoms with Gasteiger partial charge < -0.3 is 9.47 Å². The maximum atomic E-state index is 2.37. The van der Waals surface area contributed by atoms with Crippen LogP contribution in [0, 0.1) is 0 Å². The van der Waals surface area contributed by atoms with Crippen molar-refractivity contribution in [2.45, 2.75) is 0 Å². The zero-order valence-corrected chi connectivity index (χ0v) is 36.1. The number of para-hydroxylation sites is 2. The SMILES string of the molecule is c1ccc2cc(-c3ccc(N(c4ccc(-c5ccc(-n6c7ccccc7c7ccccc76)cc5)cc4)c4ccc(-c5ccc6c7ccccc7c7ccccc7c6c5)cc4)cc3)ccc2c1. The van der Waals surface area contributed by atoms with Gasteiger partial charge in [-0.2, -0.15) is 0 Å². The van der Waals surface area contributed by atoms with Crippen molar-refractivity contribution in [2.24, 2.45) is 0 Å². The monoisotopic (exact) mass is 838 g/mol. The molecule has 308 valence electrons. The highest BCUT2D eigenvalue weighted by Crippen LogP contribution is 2.41. The molecule has 0 atom stereocenters. The van der Waals surface area contributed by atoms with Gasteiger partial charge in [-0.3, -0.25) is 0 Å². The molecule has 66 heavy (non-hydrogen) atoms. The Morgan fingerprint density at radius 2 is 0.576 bits per heavy atom. The summed E-state index contributed by atoms with van der Waals surface area (Å²) in [7, 11) is 0. The van der Waals surface area contributed by atoms with Gasteiger partial charge in [-0.15, -0.1) is 0 Å². The Balaban J connectivity index is 0.862. The Bertz CT molecular complexity index is 3870. The van der Waals surface area contributed by atoms with Crippen molar-refractivity contribution in [3.8, 4) is 39.1 Å². The van der Waals surface area contributed by atoms with E-state index in [9.17, 15) is 0 Å². The highest BCUT2D eigenvalue weighted by molar-refractivity contribution is 6.25. The zero-order chi connectivity index (χ0) is 43.6. The lowest BCUT2D eigenvalue weighted by atomic mass is 9.92. The van der Waals surface area contributed by atoms with Crippen molar-refractivity contribution in [1.29, 1.82) is 0 Å². The third kappa shape index (κ3) is 6.34. The Hall–Kier alpha value is -8.72. The summed E-state index contributed by atoms with van der Waals surface area (Å²) in [6, 6.07) is 93.2. The van der Waals surface area contributed by atoms with E-state index >= 15 is 0 Å². The molecule has 13 aromatic rings. The molecule has 0 bridgehead atoms. The highest BCUT2D eigenvalue weighted by Gasteiger charge is 2.16. The van der Waals surface area contributed by atoms with Gasteiger partial charge in [0.1, 0.15) is 0 Å². The lowest BCUT2D eigenvalue weighted by Gasteiger charge is -2.26. The Morgan fingerprint density at radius 3 is 1.09 bits per heavy atom. The van der Waals surface area contributed by atoms with E-state index in [4.69, 9.17) is 0 Å². The van der Waals surface area contributed by atoms with Crippen LogP contribution in [0.1, 0.15) is 0 Å². The van der Waals surface area contributed by atoms with Crippen molar-refractivity contribution in [1.82, 2.24) is 4.57 Å². The van der Waals surface area contributed by atoms with Crippen LogP contribution in [0.5, 0.6) is 0 Å². The molecule has 0 saturated carbocycles. The van der Waals surface area contributed by atoms with Gasteiger partial charge in [0.05, 0.1) is 11.0 Å². The maximum Gasteiger partial charge on any atom is 0.0541 e. The molecule has 2 heteroatoms. The quantitative estimate of drug-likeness (QED) is 0.145. The Labute approximate surface area is 383 Å². The second kappa shape index (κ2) is 15.5. The first kappa shape index (κ1) is 37.8. The van der Waals surface area contributed by atoms with E-state index in [0.717, 1.165) is 22.7 Å². The van der Waals surface area contributed by atoms with Crippen molar-refractivity contribution in [3.05, 3.63) is 255 Å². The third-order valence-electron chi connectivity index (χ3n) is 13.6. The number of fused-ring (bicyclic) bond motifs is 10. The van der Waals surface area contributed by atoms with Gasteiger partial charge in [-0.25, -0.2) is 0 Å². The summed E-state index contributed by atoms with van der Waals surface area (Å²) < 4.78 is 2.37. The third-order valence-corrected chi connectivity index (χ3v) is 13.6. The minimum Gasteiger partial charge on any atom is -0.311 e. The average molecular weight is 839 g/mol. The molecule has 0 fully saturated rings. The molecule has 12 aromatic carbocycles. The summed E-state index contributed by atoms with van der Waals surface area (Å²) in [6.07, 6.45) is 0. The van der Waals surface area contributed by atoms with Crippen LogP contribution in [0.4, 0.5) is 17.1 Å². The highest BCUT2D eigenvalue weighted by atomic mass is 15.1. The maximum absolute atomic E-state index is 2.37. The molecule has 0 saturated heterocycles. The summed E-state index contributed by atoms with van der Waals surface area (Å²) in [5.74, 6) is 0. The molecule has 0 aliphatic heterocycles. The second-order valence-electron chi connectivity index (χ2n) is 17.3. The van der Waals surface area contributed by atoms with Gasteiger partial charge in [0.2, 0.25) is 0 Å². The lowest BCUT2D eigenvalue weighted by molar-refractivity contribution is 1.18. The van der Waals surface area contributed by atoms with Crippen molar-refractivity contribution < 1.29 is 0 Å². The van der Waals surface area contributed by atoms with E-state index in [0.29, 0.717) is 0 Å². The minimum absolute atomic E-state index is 1.09. The number of aromatic nitrogens is 1. The van der Waals surface area contributed by atoms with E-state index in [1.807, 2.05) is 0 Å². The van der Waals surface area contributed by atoms with Crippen LogP contribution in [-0.2, 0) is 0 Å². The van der Waals surface area contributed by atoms with Crippen LogP contribution < -0.4 is 4.90 Å². The van der Waals surface area contributed by atoms with Crippen LogP contribution in [0.15, 0.2) is 255 Å². The predicted octanol–water partition coefficient (Wildman–Crippen LogP) is 17.9. The summed E-state index contributed by atoms with van der Waals surface area (Å²) in [4.78, 5) is 2.36. The summed E-state index contributed by atoms with van der Waals surface area (Å²) in [5.41, 5.74) is 14.0. The topological polar surface area (TPSA) is 8.17 Å². The normalized spacial score (nSPS) is 11.6. The van der Waals surface area contributed by atoms with E-state index < -0.39 is 0 Å². The van der Waals surface area contributed by atoms with Crippen LogP contribution in [0.2, 0.25) is 0 Å². The predicted molar refractivity (Wildman–Crippen MR) is 282 cm³/mol. The molecule has 0 aliphatic carbocycles. The number of benzene rings is 12. The van der Waals surface area contributed by atoms with Crippen LogP contribution in [-0.4, -0.2) is 4.57 Å². The van der Waals surface area contributed by atoms with E-state index in [1.165, 1.54) is 98.3 Å². The van der Waals surface area contributed by atoms with Crippen molar-refractivity contribution in [2.75, 3.05) is 4.90 Å². The first-order chi connectivity index (χ1) is 32.7. The fourth-order valence-corrected chi connectivity index (χ4v) is 10.3. The molecular weight excluding hydrogens is 797 g/mol. The van der Waals surface area contributed by atoms with E-state index in [1.54, 1.807) is 0 Å². The van der Waals surface area contributed by atoms with Gasteiger partial charge >= 0.3 is 0 Å². The zero-order valence-electron chi connectivity index (χ0n) is 36.1. The number of hydrogen-bond donors (Lipinski definition) is 0. The standard InChI is InChI=1S/C64H42N2/c1-2-12-48-41-49(22-21-43(48)11-1)46-27-34-52(35-28-46)65(53-36-29-47(30-37-53)50-31-40-59-57-15-4-3-13-55(57)56-14-5-6-16-58(56)62(59)42-50)51-32-23-44(24-33-51)45-25-38-54(39-26-45)66-63-19-9-7-17-60(63)61-18-8-10-20-64(61)66/h1-42H. The molecule has 0 radical (unpaired) electrons. The smallest absolute Gasteiger partial charge is 0.0541 e. The second-order valence-corrected chi connectivity index (χ2v) is 17.3. The molecule has 13 rings (SSSR count). The molecule has 0 aliphatic rings. The minimum atomic E-state index is 1.09. The molecule has 2 nitrogen and oxygen atoms in total. The van der Waals surface area contributed by atoms with Gasteiger partial charge in [0.25, 0.3) is 0 Å². The fraction of sp³-hybridized carbons (Fsp3) is 0.